The Morgan fingerprint density at radius 3 is 1.67 bits per heavy atom. The van der Waals surface area contributed by atoms with Crippen LogP contribution in [0.2, 0.25) is 0 Å². The van der Waals surface area contributed by atoms with E-state index in [-0.39, 0.29) is 0 Å². The average Bonchev–Trinajstić information content (AvgIpc) is 2.86. The zero-order valence-corrected chi connectivity index (χ0v) is 14.9. The summed E-state index contributed by atoms with van der Waals surface area (Å²) in [7, 11) is 0. The minimum Gasteiger partial charge on any atom is -0.254 e. The molecule has 0 aromatic heterocycles. The Kier molecular flexibility index (Phi) is 8.91. The molecule has 0 bridgehead atoms. The zero-order valence-electron chi connectivity index (χ0n) is 14.9. The lowest BCUT2D eigenvalue weighted by Gasteiger charge is -2.27. The van der Waals surface area contributed by atoms with Gasteiger partial charge in [-0.3, -0.25) is 4.48 Å². The lowest BCUT2D eigenvalue weighted by molar-refractivity contribution is -0.780. The van der Waals surface area contributed by atoms with Crippen LogP contribution in [0.3, 0.4) is 0 Å². The highest BCUT2D eigenvalue weighted by Gasteiger charge is 2.24. The van der Waals surface area contributed by atoms with Crippen LogP contribution in [0.25, 0.3) is 0 Å². The Morgan fingerprint density at radius 2 is 1.29 bits per heavy atom. The van der Waals surface area contributed by atoms with E-state index in [1.807, 2.05) is 6.20 Å². The first kappa shape index (κ1) is 18.4. The van der Waals surface area contributed by atoms with Gasteiger partial charge in [-0.2, -0.15) is 0 Å². The number of rotatable bonds is 12. The van der Waals surface area contributed by atoms with Crippen LogP contribution in [0.4, 0.5) is 0 Å². The summed E-state index contributed by atoms with van der Waals surface area (Å²) < 4.78 is 1.00. The summed E-state index contributed by atoms with van der Waals surface area (Å²) in [4.78, 5) is 4.36. The van der Waals surface area contributed by atoms with Gasteiger partial charge in [0.25, 0.3) is 0 Å². The summed E-state index contributed by atoms with van der Waals surface area (Å²) in [5.41, 5.74) is 0. The predicted molar refractivity (Wildman–Crippen MR) is 94.2 cm³/mol. The molecule has 0 saturated carbocycles. The minimum atomic E-state index is 0.849. The molecular weight excluding hydrogens is 256 g/mol. The summed E-state index contributed by atoms with van der Waals surface area (Å²) in [6.07, 6.45) is 17.3. The predicted octanol–water partition coefficient (Wildman–Crippen LogP) is 5.75. The highest BCUT2D eigenvalue weighted by molar-refractivity contribution is 5.50. The summed E-state index contributed by atoms with van der Waals surface area (Å²) in [6.45, 7) is 11.8. The van der Waals surface area contributed by atoms with E-state index in [2.05, 4.69) is 45.2 Å². The molecule has 0 spiro atoms. The van der Waals surface area contributed by atoms with Crippen molar-refractivity contribution in [3.8, 4) is 0 Å². The van der Waals surface area contributed by atoms with Crippen LogP contribution < -0.4 is 0 Å². The summed E-state index contributed by atoms with van der Waals surface area (Å²) in [5.74, 6) is 1.70. The van der Waals surface area contributed by atoms with E-state index in [0.717, 1.165) is 16.3 Å². The van der Waals surface area contributed by atoms with Crippen molar-refractivity contribution in [1.29, 1.82) is 0 Å². The van der Waals surface area contributed by atoms with Crippen molar-refractivity contribution in [2.24, 2.45) is 16.8 Å². The maximum atomic E-state index is 4.36. The Morgan fingerprint density at radius 1 is 0.762 bits per heavy atom. The second kappa shape index (κ2) is 10.2. The average molecular weight is 294 g/mol. The molecule has 122 valence electrons. The molecule has 0 radical (unpaired) electrons. The van der Waals surface area contributed by atoms with Crippen molar-refractivity contribution in [3.05, 3.63) is 12.4 Å². The molecule has 2 heteroatoms. The molecule has 0 N–H and O–H groups in total. The van der Waals surface area contributed by atoms with E-state index in [1.165, 1.54) is 64.5 Å². The number of unbranched alkanes of at least 4 members (excludes halogenated alkanes) is 4. The zero-order chi connectivity index (χ0) is 15.6. The number of aliphatic imine (C=N–C) groups is 1. The van der Waals surface area contributed by atoms with Gasteiger partial charge in [0, 0.05) is 0 Å². The van der Waals surface area contributed by atoms with E-state index in [9.17, 15) is 0 Å². The third-order valence-corrected chi connectivity index (χ3v) is 4.46. The van der Waals surface area contributed by atoms with Crippen LogP contribution in [0, 0.1) is 11.8 Å². The molecule has 0 aromatic rings. The molecular formula is C19H37N2+. The number of hydrogen-bond acceptors (Lipinski definition) is 1. The quantitative estimate of drug-likeness (QED) is 0.321. The van der Waals surface area contributed by atoms with Gasteiger partial charge in [-0.1, -0.05) is 53.4 Å². The van der Waals surface area contributed by atoms with E-state index in [0.29, 0.717) is 0 Å². The SMILES string of the molecule is CC(C)CCCCC[N+]1(CCCCCC(C)C)C=CN=C1. The van der Waals surface area contributed by atoms with Crippen molar-refractivity contribution >= 4 is 6.34 Å². The molecule has 1 aliphatic heterocycles. The van der Waals surface area contributed by atoms with E-state index < -0.39 is 0 Å². The molecule has 2 nitrogen and oxygen atoms in total. The Hall–Kier alpha value is -0.630. The molecule has 0 saturated heterocycles. The van der Waals surface area contributed by atoms with Crippen LogP contribution in [0.5, 0.6) is 0 Å². The van der Waals surface area contributed by atoms with Crippen LogP contribution in [-0.2, 0) is 0 Å². The van der Waals surface area contributed by atoms with Gasteiger partial charge < -0.3 is 0 Å². The van der Waals surface area contributed by atoms with Crippen molar-refractivity contribution in [1.82, 2.24) is 0 Å². The number of hydrogen-bond donors (Lipinski definition) is 0. The number of nitrogens with zero attached hydrogens (tertiary/aromatic N) is 2. The molecule has 21 heavy (non-hydrogen) atoms. The van der Waals surface area contributed by atoms with Crippen LogP contribution in [-0.4, -0.2) is 23.9 Å². The molecule has 0 unspecified atom stereocenters. The normalized spacial score (nSPS) is 16.5. The van der Waals surface area contributed by atoms with Crippen molar-refractivity contribution in [3.63, 3.8) is 0 Å². The summed E-state index contributed by atoms with van der Waals surface area (Å²) in [6, 6.07) is 0. The molecule has 0 amide bonds. The van der Waals surface area contributed by atoms with E-state index in [4.69, 9.17) is 0 Å². The monoisotopic (exact) mass is 293 g/mol. The summed E-state index contributed by atoms with van der Waals surface area (Å²) in [5, 5.41) is 0. The molecule has 1 heterocycles. The lowest BCUT2D eigenvalue weighted by atomic mass is 10.0. The topological polar surface area (TPSA) is 12.4 Å². The van der Waals surface area contributed by atoms with Gasteiger partial charge in [0.05, 0.1) is 19.3 Å². The highest BCUT2D eigenvalue weighted by Crippen LogP contribution is 2.18. The van der Waals surface area contributed by atoms with Gasteiger partial charge in [-0.05, 0) is 37.5 Å². The maximum absolute atomic E-state index is 4.36. The first-order valence-corrected chi connectivity index (χ1v) is 9.12. The fraction of sp³-hybridized carbons (Fsp3) is 0.842. The fourth-order valence-corrected chi connectivity index (χ4v) is 3.03. The first-order chi connectivity index (χ1) is 10.0. The van der Waals surface area contributed by atoms with Crippen molar-refractivity contribution < 1.29 is 4.48 Å². The van der Waals surface area contributed by atoms with Gasteiger partial charge in [-0.15, -0.1) is 0 Å². The van der Waals surface area contributed by atoms with Crippen molar-refractivity contribution in [2.75, 3.05) is 13.1 Å². The molecule has 1 aliphatic rings. The van der Waals surface area contributed by atoms with Gasteiger partial charge in [0.1, 0.15) is 6.20 Å². The molecule has 1 rings (SSSR count). The molecule has 0 atom stereocenters. The molecule has 0 aliphatic carbocycles. The first-order valence-electron chi connectivity index (χ1n) is 9.12. The Bertz CT molecular complexity index is 284. The Balaban J connectivity index is 2.18. The largest absolute Gasteiger partial charge is 0.254 e. The maximum Gasteiger partial charge on any atom is 0.194 e. The summed E-state index contributed by atoms with van der Waals surface area (Å²) >= 11 is 0. The van der Waals surface area contributed by atoms with Gasteiger partial charge in [-0.25, -0.2) is 4.99 Å². The standard InChI is InChI=1S/C19H37N2/c1-18(2)11-7-5-9-14-21(16-13-20-17-21)15-10-6-8-12-19(3)4/h13,16-19H,5-12,14-15H2,1-4H3/q+1. The van der Waals surface area contributed by atoms with E-state index >= 15 is 0 Å². The van der Waals surface area contributed by atoms with E-state index in [1.54, 1.807) is 0 Å². The van der Waals surface area contributed by atoms with Crippen LogP contribution >= 0.6 is 0 Å². The second-order valence-electron chi connectivity index (χ2n) is 7.60. The third kappa shape index (κ3) is 8.40. The smallest absolute Gasteiger partial charge is 0.194 e. The Labute approximate surface area is 132 Å². The third-order valence-electron chi connectivity index (χ3n) is 4.46. The van der Waals surface area contributed by atoms with Gasteiger partial charge >= 0.3 is 0 Å². The number of quaternary nitrogens is 1. The van der Waals surface area contributed by atoms with Gasteiger partial charge in [0.15, 0.2) is 6.34 Å². The lowest BCUT2D eigenvalue weighted by Crippen LogP contribution is -2.41. The second-order valence-corrected chi connectivity index (χ2v) is 7.60. The van der Waals surface area contributed by atoms with Crippen molar-refractivity contribution in [2.45, 2.75) is 79.1 Å². The van der Waals surface area contributed by atoms with Gasteiger partial charge in [0.2, 0.25) is 0 Å². The molecule has 0 fully saturated rings. The molecule has 0 aromatic carbocycles. The van der Waals surface area contributed by atoms with Crippen LogP contribution in [0.1, 0.15) is 79.1 Å². The van der Waals surface area contributed by atoms with Crippen LogP contribution in [0.15, 0.2) is 17.4 Å². The minimum absolute atomic E-state index is 0.849. The highest BCUT2D eigenvalue weighted by atomic mass is 15.4. The fourth-order valence-electron chi connectivity index (χ4n) is 3.03.